The third-order valence-electron chi connectivity index (χ3n) is 7.05. The molecule has 0 radical (unpaired) electrons. The zero-order valence-corrected chi connectivity index (χ0v) is 18.5. The van der Waals surface area contributed by atoms with E-state index in [9.17, 15) is 5.11 Å². The number of hydrogen-bond acceptors (Lipinski definition) is 2. The summed E-state index contributed by atoms with van der Waals surface area (Å²) in [5, 5.41) is 13.1. The highest BCUT2D eigenvalue weighted by atomic mass is 16.3. The van der Waals surface area contributed by atoms with E-state index in [0.29, 0.717) is 0 Å². The summed E-state index contributed by atoms with van der Waals surface area (Å²) in [5.41, 5.74) is 5.25. The number of fused-ring (bicyclic) bond motifs is 2. The first-order valence-electron chi connectivity index (χ1n) is 10.7. The quantitative estimate of drug-likeness (QED) is 0.452. The van der Waals surface area contributed by atoms with E-state index in [-0.39, 0.29) is 0 Å². The van der Waals surface area contributed by atoms with Crippen molar-refractivity contribution < 1.29 is 5.11 Å². The summed E-state index contributed by atoms with van der Waals surface area (Å²) >= 11 is 0. The summed E-state index contributed by atoms with van der Waals surface area (Å²) < 4.78 is 2.24. The number of nitrogens with zero attached hydrogens (tertiary/aromatic N) is 2. The average molecular weight is 409 g/mol. The topological polar surface area (TPSA) is 28.4 Å². The number of para-hydroxylation sites is 2. The molecule has 0 saturated heterocycles. The molecule has 0 aliphatic carbocycles. The molecule has 1 N–H and O–H groups in total. The van der Waals surface area contributed by atoms with Crippen LogP contribution in [0.5, 0.6) is 0 Å². The van der Waals surface area contributed by atoms with Gasteiger partial charge in [0.15, 0.2) is 5.72 Å². The Hall–Kier alpha value is -3.30. The Morgan fingerprint density at radius 2 is 1.45 bits per heavy atom. The number of aromatic nitrogens is 1. The number of benzene rings is 3. The minimum atomic E-state index is -1.14. The van der Waals surface area contributed by atoms with Gasteiger partial charge in [-0.15, -0.1) is 0 Å². The highest BCUT2D eigenvalue weighted by Crippen LogP contribution is 2.50. The number of anilines is 1. The lowest BCUT2D eigenvalue weighted by molar-refractivity contribution is 0.0348. The van der Waals surface area contributed by atoms with Crippen LogP contribution < -0.4 is 4.90 Å². The number of rotatable bonds is 3. The lowest BCUT2D eigenvalue weighted by atomic mass is 9.77. The van der Waals surface area contributed by atoms with E-state index in [1.165, 1.54) is 10.9 Å². The molecule has 4 aromatic rings. The Morgan fingerprint density at radius 3 is 2.19 bits per heavy atom. The summed E-state index contributed by atoms with van der Waals surface area (Å²) in [7, 11) is 4.08. The Morgan fingerprint density at radius 1 is 0.806 bits per heavy atom. The standard InChI is InChI=1S/C28H28N2O/c1-27(2)23-15-9-11-17-25(23)30(4)28(27,31)19-18-22-21-14-8-10-16-24(21)29(3)26(22)20-12-6-5-7-13-20/h5-19,31H,1-4H3/b19-18+. The number of likely N-dealkylation sites (N-methyl/N-ethyl adjacent to an activating group) is 1. The van der Waals surface area contributed by atoms with Gasteiger partial charge in [-0.25, -0.2) is 0 Å². The van der Waals surface area contributed by atoms with Gasteiger partial charge in [-0.05, 0) is 29.3 Å². The van der Waals surface area contributed by atoms with Gasteiger partial charge in [-0.2, -0.15) is 0 Å². The summed E-state index contributed by atoms with van der Waals surface area (Å²) in [6.07, 6.45) is 4.08. The van der Waals surface area contributed by atoms with Gasteiger partial charge in [0, 0.05) is 41.7 Å². The first-order chi connectivity index (χ1) is 14.9. The molecule has 3 aromatic carbocycles. The normalized spacial score (nSPS) is 20.0. The second-order valence-corrected chi connectivity index (χ2v) is 8.97. The zero-order chi connectivity index (χ0) is 21.8. The lowest BCUT2D eigenvalue weighted by Gasteiger charge is -2.39. The maximum atomic E-state index is 11.9. The van der Waals surface area contributed by atoms with Gasteiger partial charge in [0.2, 0.25) is 0 Å². The van der Waals surface area contributed by atoms with Crippen LogP contribution in [0.25, 0.3) is 28.2 Å². The highest BCUT2D eigenvalue weighted by molar-refractivity contribution is 5.97. The molecular formula is C28H28N2O. The SMILES string of the molecule is CN1c2ccccc2C(C)(C)C1(O)/C=C/c1c(-c2ccccc2)n(C)c2ccccc12. The molecule has 0 fully saturated rings. The monoisotopic (exact) mass is 408 g/mol. The van der Waals surface area contributed by atoms with E-state index in [1.807, 2.05) is 36.2 Å². The fraction of sp³-hybridized carbons (Fsp3) is 0.214. The van der Waals surface area contributed by atoms with Gasteiger partial charge in [-0.3, -0.25) is 0 Å². The molecule has 5 rings (SSSR count). The average Bonchev–Trinajstić information content (AvgIpc) is 3.16. The predicted octanol–water partition coefficient (Wildman–Crippen LogP) is 5.97. The van der Waals surface area contributed by atoms with E-state index in [0.717, 1.165) is 28.1 Å². The predicted molar refractivity (Wildman–Crippen MR) is 130 cm³/mol. The summed E-state index contributed by atoms with van der Waals surface area (Å²) in [6, 6.07) is 27.2. The fourth-order valence-corrected chi connectivity index (χ4v) is 5.15. The second-order valence-electron chi connectivity index (χ2n) is 8.97. The first-order valence-corrected chi connectivity index (χ1v) is 10.7. The van der Waals surface area contributed by atoms with Crippen LogP contribution in [0, 0.1) is 0 Å². The Bertz CT molecular complexity index is 1300. The minimum Gasteiger partial charge on any atom is -0.366 e. The molecule has 3 heteroatoms. The van der Waals surface area contributed by atoms with Gasteiger partial charge in [-0.1, -0.05) is 86.7 Å². The molecule has 31 heavy (non-hydrogen) atoms. The van der Waals surface area contributed by atoms with E-state index in [2.05, 4.69) is 92.2 Å². The number of aliphatic hydroxyl groups is 1. The van der Waals surface area contributed by atoms with Crippen LogP contribution in [0.3, 0.4) is 0 Å². The van der Waals surface area contributed by atoms with Crippen molar-refractivity contribution in [2.75, 3.05) is 11.9 Å². The van der Waals surface area contributed by atoms with Crippen LogP contribution in [0.4, 0.5) is 5.69 Å². The summed E-state index contributed by atoms with van der Waals surface area (Å²) in [5.74, 6) is 0. The van der Waals surface area contributed by atoms with Gasteiger partial charge in [0.05, 0.1) is 5.69 Å². The summed E-state index contributed by atoms with van der Waals surface area (Å²) in [4.78, 5) is 1.99. The van der Waals surface area contributed by atoms with Crippen molar-refractivity contribution in [1.82, 2.24) is 4.57 Å². The van der Waals surface area contributed by atoms with Gasteiger partial charge >= 0.3 is 0 Å². The van der Waals surface area contributed by atoms with Gasteiger partial charge < -0.3 is 14.6 Å². The first kappa shape index (κ1) is 19.7. The van der Waals surface area contributed by atoms with Gasteiger partial charge in [0.1, 0.15) is 0 Å². The van der Waals surface area contributed by atoms with Crippen LogP contribution in [0.15, 0.2) is 84.9 Å². The molecule has 156 valence electrons. The van der Waals surface area contributed by atoms with E-state index >= 15 is 0 Å². The minimum absolute atomic E-state index is 0.452. The molecule has 3 nitrogen and oxygen atoms in total. The van der Waals surface area contributed by atoms with E-state index < -0.39 is 11.1 Å². The van der Waals surface area contributed by atoms with Crippen LogP contribution >= 0.6 is 0 Å². The molecular weight excluding hydrogens is 380 g/mol. The summed E-state index contributed by atoms with van der Waals surface area (Å²) in [6.45, 7) is 4.22. The molecule has 0 amide bonds. The van der Waals surface area contributed by atoms with Crippen LogP contribution in [-0.2, 0) is 12.5 Å². The zero-order valence-electron chi connectivity index (χ0n) is 18.5. The van der Waals surface area contributed by atoms with Crippen LogP contribution in [0.2, 0.25) is 0 Å². The van der Waals surface area contributed by atoms with E-state index in [4.69, 9.17) is 0 Å². The fourth-order valence-electron chi connectivity index (χ4n) is 5.15. The molecule has 1 aliphatic rings. The second kappa shape index (κ2) is 6.86. The Labute approximate surface area is 183 Å². The molecule has 2 heterocycles. The molecule has 1 aliphatic heterocycles. The van der Waals surface area contributed by atoms with Crippen LogP contribution in [-0.4, -0.2) is 22.4 Å². The van der Waals surface area contributed by atoms with Crippen molar-refractivity contribution in [1.29, 1.82) is 0 Å². The molecule has 1 atom stereocenters. The molecule has 0 bridgehead atoms. The van der Waals surface area contributed by atoms with Crippen molar-refractivity contribution in [3.8, 4) is 11.3 Å². The van der Waals surface area contributed by atoms with Gasteiger partial charge in [0.25, 0.3) is 0 Å². The van der Waals surface area contributed by atoms with Crippen molar-refractivity contribution in [3.63, 3.8) is 0 Å². The molecule has 1 unspecified atom stereocenters. The van der Waals surface area contributed by atoms with Crippen molar-refractivity contribution >= 4 is 22.7 Å². The lowest BCUT2D eigenvalue weighted by Crippen LogP contribution is -2.52. The Balaban J connectivity index is 1.70. The smallest absolute Gasteiger partial charge is 0.166 e. The molecule has 0 spiro atoms. The number of aryl methyl sites for hydroxylation is 1. The van der Waals surface area contributed by atoms with Crippen molar-refractivity contribution in [2.24, 2.45) is 7.05 Å². The largest absolute Gasteiger partial charge is 0.366 e. The third-order valence-corrected chi connectivity index (χ3v) is 7.05. The molecule has 1 aromatic heterocycles. The van der Waals surface area contributed by atoms with Crippen molar-refractivity contribution in [3.05, 3.63) is 96.1 Å². The maximum Gasteiger partial charge on any atom is 0.166 e. The third kappa shape index (κ3) is 2.70. The number of hydrogen-bond donors (Lipinski definition) is 1. The maximum absolute atomic E-state index is 11.9. The Kier molecular flexibility index (Phi) is 4.35. The van der Waals surface area contributed by atoms with E-state index in [1.54, 1.807) is 0 Å². The van der Waals surface area contributed by atoms with Crippen molar-refractivity contribution in [2.45, 2.75) is 25.0 Å². The molecule has 0 saturated carbocycles. The highest BCUT2D eigenvalue weighted by Gasteiger charge is 2.53. The van der Waals surface area contributed by atoms with Crippen LogP contribution in [0.1, 0.15) is 25.0 Å².